The lowest BCUT2D eigenvalue weighted by Crippen LogP contribution is -2.29. The first-order valence-electron chi connectivity index (χ1n) is 11.4. The predicted molar refractivity (Wildman–Crippen MR) is 127 cm³/mol. The summed E-state index contributed by atoms with van der Waals surface area (Å²) in [5.74, 6) is 0.695. The first kappa shape index (κ1) is 24.7. The average Bonchev–Trinajstić information content (AvgIpc) is 3.08. The number of nitrogens with two attached hydrogens (primary N) is 1. The average molecular weight is 491 g/mol. The maximum absolute atomic E-state index is 12.5. The van der Waals surface area contributed by atoms with E-state index in [-0.39, 0.29) is 23.8 Å². The van der Waals surface area contributed by atoms with Crippen molar-refractivity contribution in [2.24, 2.45) is 17.1 Å². The first-order valence-corrected chi connectivity index (χ1v) is 11.4. The zero-order valence-corrected chi connectivity index (χ0v) is 19.9. The predicted octanol–water partition coefficient (Wildman–Crippen LogP) is 5.93. The SMILES string of the molecule is C[C@@H]1C[C@H](n2c(Nc3ccc(OC(F)(F)F)cc3)nc3cc(OCC(N)=O)ccc32)CC(C)(C)C1. The minimum absolute atomic E-state index is 0.150. The highest BCUT2D eigenvalue weighted by Crippen LogP contribution is 2.46. The Morgan fingerprint density at radius 2 is 1.86 bits per heavy atom. The number of primary amides is 1. The standard InChI is InChI=1S/C25H29F3N4O3/c1-15-10-17(13-24(2,3)12-15)32-21-9-8-19(34-14-22(29)33)11-20(21)31-23(32)30-16-4-6-18(7-5-16)35-25(26,27)28/h4-9,11,15,17H,10,12-14H2,1-3H3,(H2,29,33)(H,30,31)/t15-,17+/m1/s1. The zero-order valence-electron chi connectivity index (χ0n) is 19.9. The lowest BCUT2D eigenvalue weighted by atomic mass is 9.70. The Morgan fingerprint density at radius 1 is 1.17 bits per heavy atom. The minimum Gasteiger partial charge on any atom is -0.484 e. The molecule has 1 aliphatic carbocycles. The van der Waals surface area contributed by atoms with E-state index in [1.54, 1.807) is 12.1 Å². The van der Waals surface area contributed by atoms with Crippen LogP contribution in [0.15, 0.2) is 42.5 Å². The molecule has 0 unspecified atom stereocenters. The number of alkyl halides is 3. The maximum atomic E-state index is 12.5. The summed E-state index contributed by atoms with van der Waals surface area (Å²) in [4.78, 5) is 15.9. The molecular formula is C25H29F3N4O3. The molecule has 188 valence electrons. The number of imidazole rings is 1. The van der Waals surface area contributed by atoms with Gasteiger partial charge in [-0.1, -0.05) is 20.8 Å². The van der Waals surface area contributed by atoms with Crippen molar-refractivity contribution in [3.8, 4) is 11.5 Å². The van der Waals surface area contributed by atoms with Gasteiger partial charge in [-0.3, -0.25) is 4.79 Å². The first-order chi connectivity index (χ1) is 16.4. The number of nitrogens with zero attached hydrogens (tertiary/aromatic N) is 2. The summed E-state index contributed by atoms with van der Waals surface area (Å²) in [6.07, 6.45) is -1.69. The molecule has 3 aromatic rings. The second-order valence-corrected chi connectivity index (χ2v) is 9.98. The number of anilines is 2. The van der Waals surface area contributed by atoms with E-state index in [0.29, 0.717) is 28.8 Å². The van der Waals surface area contributed by atoms with Crippen molar-refractivity contribution in [2.75, 3.05) is 11.9 Å². The Bertz CT molecular complexity index is 1210. The van der Waals surface area contributed by atoms with Crippen LogP contribution in [0.5, 0.6) is 11.5 Å². The molecule has 1 aliphatic rings. The van der Waals surface area contributed by atoms with Crippen LogP contribution in [0.1, 0.15) is 46.1 Å². The third-order valence-corrected chi connectivity index (χ3v) is 6.11. The fraction of sp³-hybridized carbons (Fsp3) is 0.440. The summed E-state index contributed by atoms with van der Waals surface area (Å²) in [7, 11) is 0. The highest BCUT2D eigenvalue weighted by molar-refractivity contribution is 5.82. The highest BCUT2D eigenvalue weighted by atomic mass is 19.4. The number of nitrogens with one attached hydrogen (secondary N) is 1. The van der Waals surface area contributed by atoms with Gasteiger partial charge >= 0.3 is 6.36 Å². The molecule has 1 heterocycles. The zero-order chi connectivity index (χ0) is 25.4. The molecule has 0 saturated heterocycles. The van der Waals surface area contributed by atoms with Gasteiger partial charge in [0.25, 0.3) is 5.91 Å². The van der Waals surface area contributed by atoms with E-state index < -0.39 is 12.3 Å². The van der Waals surface area contributed by atoms with Crippen LogP contribution in [0, 0.1) is 11.3 Å². The molecule has 3 N–H and O–H groups in total. The van der Waals surface area contributed by atoms with E-state index in [0.717, 1.165) is 24.8 Å². The number of hydrogen-bond acceptors (Lipinski definition) is 5. The van der Waals surface area contributed by atoms with Crippen LogP contribution in [0.25, 0.3) is 11.0 Å². The van der Waals surface area contributed by atoms with E-state index in [4.69, 9.17) is 15.5 Å². The van der Waals surface area contributed by atoms with Gasteiger partial charge in [-0.25, -0.2) is 4.98 Å². The van der Waals surface area contributed by atoms with Crippen molar-refractivity contribution >= 4 is 28.6 Å². The monoisotopic (exact) mass is 490 g/mol. The maximum Gasteiger partial charge on any atom is 0.573 e. The van der Waals surface area contributed by atoms with E-state index in [1.807, 2.05) is 6.07 Å². The van der Waals surface area contributed by atoms with Gasteiger partial charge in [0.2, 0.25) is 5.95 Å². The number of carbonyl (C=O) groups excluding carboxylic acids is 1. The molecule has 7 nitrogen and oxygen atoms in total. The lowest BCUT2D eigenvalue weighted by molar-refractivity contribution is -0.274. The summed E-state index contributed by atoms with van der Waals surface area (Å²) in [6.45, 7) is 6.53. The van der Waals surface area contributed by atoms with E-state index in [9.17, 15) is 18.0 Å². The number of aromatic nitrogens is 2. The summed E-state index contributed by atoms with van der Waals surface area (Å²) in [6, 6.07) is 11.1. The molecule has 0 aliphatic heterocycles. The quantitative estimate of drug-likeness (QED) is 0.428. The molecule has 2 aromatic carbocycles. The van der Waals surface area contributed by atoms with Crippen LogP contribution < -0.4 is 20.5 Å². The number of rotatable bonds is 7. The smallest absolute Gasteiger partial charge is 0.484 e. The topological polar surface area (TPSA) is 91.4 Å². The molecule has 2 atom stereocenters. The number of halogens is 3. The number of carbonyl (C=O) groups is 1. The van der Waals surface area contributed by atoms with Crippen LogP contribution in [-0.2, 0) is 4.79 Å². The van der Waals surface area contributed by atoms with Gasteiger partial charge < -0.3 is 25.1 Å². The fourth-order valence-corrected chi connectivity index (χ4v) is 5.14. The summed E-state index contributed by atoms with van der Waals surface area (Å²) < 4.78 is 49.1. The second-order valence-electron chi connectivity index (χ2n) is 9.98. The lowest BCUT2D eigenvalue weighted by Gasteiger charge is -2.40. The fourth-order valence-electron chi connectivity index (χ4n) is 5.14. The molecule has 0 spiro atoms. The molecule has 10 heteroatoms. The molecule has 35 heavy (non-hydrogen) atoms. The summed E-state index contributed by atoms with van der Waals surface area (Å²) in [5.41, 5.74) is 7.47. The third kappa shape index (κ3) is 6.17. The van der Waals surface area contributed by atoms with Crippen LogP contribution in [0.4, 0.5) is 24.8 Å². The number of amides is 1. The van der Waals surface area contributed by atoms with Gasteiger partial charge in [0.1, 0.15) is 11.5 Å². The van der Waals surface area contributed by atoms with E-state index in [1.165, 1.54) is 24.3 Å². The third-order valence-electron chi connectivity index (χ3n) is 6.11. The molecule has 1 amide bonds. The Morgan fingerprint density at radius 3 is 2.49 bits per heavy atom. The van der Waals surface area contributed by atoms with Gasteiger partial charge in [-0.15, -0.1) is 13.2 Å². The Hall–Kier alpha value is -3.43. The van der Waals surface area contributed by atoms with Crippen molar-refractivity contribution in [2.45, 2.75) is 52.4 Å². The Balaban J connectivity index is 1.70. The molecule has 0 radical (unpaired) electrons. The number of ether oxygens (including phenoxy) is 2. The van der Waals surface area contributed by atoms with Crippen molar-refractivity contribution < 1.29 is 27.4 Å². The van der Waals surface area contributed by atoms with Gasteiger partial charge in [-0.2, -0.15) is 0 Å². The van der Waals surface area contributed by atoms with Gasteiger partial charge in [0.05, 0.1) is 11.0 Å². The van der Waals surface area contributed by atoms with E-state index >= 15 is 0 Å². The number of benzene rings is 2. The van der Waals surface area contributed by atoms with Crippen molar-refractivity contribution in [1.29, 1.82) is 0 Å². The highest BCUT2D eigenvalue weighted by Gasteiger charge is 2.35. The van der Waals surface area contributed by atoms with Crippen LogP contribution in [0.3, 0.4) is 0 Å². The van der Waals surface area contributed by atoms with Gasteiger partial charge in [-0.05, 0) is 67.0 Å². The summed E-state index contributed by atoms with van der Waals surface area (Å²) >= 11 is 0. The second kappa shape index (κ2) is 9.31. The normalized spacial score (nSPS) is 19.9. The molecule has 4 rings (SSSR count). The van der Waals surface area contributed by atoms with Crippen molar-refractivity contribution in [3.05, 3.63) is 42.5 Å². The molecule has 0 bridgehead atoms. The molecule has 1 saturated carbocycles. The number of fused-ring (bicyclic) bond motifs is 1. The number of hydrogen-bond donors (Lipinski definition) is 2. The Labute approximate surface area is 201 Å². The minimum atomic E-state index is -4.75. The van der Waals surface area contributed by atoms with Crippen LogP contribution in [0.2, 0.25) is 0 Å². The molecule has 1 fully saturated rings. The summed E-state index contributed by atoms with van der Waals surface area (Å²) in [5, 5.41) is 3.26. The van der Waals surface area contributed by atoms with E-state index in [2.05, 4.69) is 35.4 Å². The largest absolute Gasteiger partial charge is 0.573 e. The molecular weight excluding hydrogens is 461 g/mol. The van der Waals surface area contributed by atoms with Gasteiger partial charge in [0, 0.05) is 17.8 Å². The molecule has 1 aromatic heterocycles. The Kier molecular flexibility index (Phi) is 6.57. The van der Waals surface area contributed by atoms with Crippen molar-refractivity contribution in [3.63, 3.8) is 0 Å². The van der Waals surface area contributed by atoms with Crippen LogP contribution >= 0.6 is 0 Å². The van der Waals surface area contributed by atoms with Crippen LogP contribution in [-0.4, -0.2) is 28.4 Å². The van der Waals surface area contributed by atoms with Gasteiger partial charge in [0.15, 0.2) is 6.61 Å². The van der Waals surface area contributed by atoms with Crippen molar-refractivity contribution in [1.82, 2.24) is 9.55 Å².